The van der Waals surface area contributed by atoms with Crippen molar-refractivity contribution >= 4 is 11.6 Å². The number of hydrogen-bond acceptors (Lipinski definition) is 2. The Balaban J connectivity index is 1.65. The summed E-state index contributed by atoms with van der Waals surface area (Å²) in [5.74, 6) is 3.82. The fourth-order valence-electron chi connectivity index (χ4n) is 6.82. The van der Waals surface area contributed by atoms with Gasteiger partial charge in [-0.3, -0.25) is 9.59 Å². The molecule has 0 bridgehead atoms. The molecule has 0 heterocycles. The van der Waals surface area contributed by atoms with Crippen molar-refractivity contribution in [2.24, 2.45) is 34.5 Å². The number of rotatable bonds is 0. The van der Waals surface area contributed by atoms with Crippen LogP contribution in [0.3, 0.4) is 0 Å². The average molecular weight is 288 g/mol. The van der Waals surface area contributed by atoms with Gasteiger partial charge in [0.25, 0.3) is 0 Å². The molecule has 2 nitrogen and oxygen atoms in total. The summed E-state index contributed by atoms with van der Waals surface area (Å²) in [7, 11) is 0. The highest BCUT2D eigenvalue weighted by Crippen LogP contribution is 2.65. The maximum atomic E-state index is 12.4. The van der Waals surface area contributed by atoms with Crippen molar-refractivity contribution in [3.8, 4) is 0 Å². The highest BCUT2D eigenvalue weighted by atomic mass is 16.1. The second kappa shape index (κ2) is 4.43. The molecule has 0 aromatic rings. The molecular weight excluding hydrogens is 260 g/mol. The van der Waals surface area contributed by atoms with Gasteiger partial charge < -0.3 is 0 Å². The van der Waals surface area contributed by atoms with Crippen molar-refractivity contribution in [1.82, 2.24) is 0 Å². The molecule has 0 N–H and O–H groups in total. The van der Waals surface area contributed by atoms with Crippen molar-refractivity contribution < 1.29 is 9.59 Å². The number of fused-ring (bicyclic) bond motifs is 5. The number of Topliss-reactive ketones (excluding diaryl/α,β-unsaturated/α-hetero) is 2. The summed E-state index contributed by atoms with van der Waals surface area (Å²) < 4.78 is 0. The number of carbonyl (C=O) groups is 2. The summed E-state index contributed by atoms with van der Waals surface area (Å²) >= 11 is 0. The molecule has 0 aromatic heterocycles. The van der Waals surface area contributed by atoms with Crippen LogP contribution in [0, 0.1) is 34.5 Å². The Morgan fingerprint density at radius 2 is 1.71 bits per heavy atom. The predicted octanol–water partition coefficient (Wildman–Crippen LogP) is 4.17. The van der Waals surface area contributed by atoms with E-state index in [1.165, 1.54) is 19.3 Å². The van der Waals surface area contributed by atoms with Crippen LogP contribution in [-0.4, -0.2) is 11.6 Å². The summed E-state index contributed by atoms with van der Waals surface area (Å²) in [6.45, 7) is 4.72. The predicted molar refractivity (Wildman–Crippen MR) is 81.7 cm³/mol. The van der Waals surface area contributed by atoms with Crippen LogP contribution in [0.1, 0.15) is 71.6 Å². The normalized spacial score (nSPS) is 53.0. The van der Waals surface area contributed by atoms with E-state index in [9.17, 15) is 9.59 Å². The Hall–Kier alpha value is -0.660. The number of ketones is 2. The lowest BCUT2D eigenvalue weighted by atomic mass is 9.45. The van der Waals surface area contributed by atoms with Crippen LogP contribution in [0.2, 0.25) is 0 Å². The van der Waals surface area contributed by atoms with Crippen LogP contribution in [0.4, 0.5) is 0 Å². The molecule has 0 spiro atoms. The topological polar surface area (TPSA) is 34.1 Å². The lowest BCUT2D eigenvalue weighted by Crippen LogP contribution is -2.53. The second-order valence-corrected chi connectivity index (χ2v) is 8.82. The first-order valence-corrected chi connectivity index (χ1v) is 9.00. The summed E-state index contributed by atoms with van der Waals surface area (Å²) in [5.41, 5.74) is 0.374. The van der Waals surface area contributed by atoms with E-state index < -0.39 is 0 Å². The molecule has 4 rings (SSSR count). The van der Waals surface area contributed by atoms with Crippen LogP contribution in [0.25, 0.3) is 0 Å². The van der Waals surface area contributed by atoms with Gasteiger partial charge in [0.15, 0.2) is 0 Å². The van der Waals surface area contributed by atoms with Crippen molar-refractivity contribution in [3.63, 3.8) is 0 Å². The molecule has 0 saturated heterocycles. The zero-order valence-electron chi connectivity index (χ0n) is 13.5. The van der Waals surface area contributed by atoms with Gasteiger partial charge in [0.05, 0.1) is 0 Å². The molecule has 0 unspecified atom stereocenters. The van der Waals surface area contributed by atoms with Gasteiger partial charge in [-0.1, -0.05) is 13.8 Å². The van der Waals surface area contributed by atoms with E-state index in [0.29, 0.717) is 28.8 Å². The SMILES string of the molecule is C[C@]12CCC(=O)C[C@H]1CC[C@@H]1[C@H]2CC[C@]2(C)C(=O)CC[C@H]12. The maximum absolute atomic E-state index is 12.4. The van der Waals surface area contributed by atoms with Crippen LogP contribution < -0.4 is 0 Å². The fraction of sp³-hybridized carbons (Fsp3) is 0.895. The summed E-state index contributed by atoms with van der Waals surface area (Å²) in [5, 5.41) is 0. The van der Waals surface area contributed by atoms with Crippen molar-refractivity contribution in [3.05, 3.63) is 0 Å². The Kier molecular flexibility index (Phi) is 2.94. The Morgan fingerprint density at radius 1 is 0.905 bits per heavy atom. The third-order valence-corrected chi connectivity index (χ3v) is 8.19. The Bertz CT molecular complexity index is 496. The van der Waals surface area contributed by atoms with E-state index in [0.717, 1.165) is 50.4 Å². The van der Waals surface area contributed by atoms with E-state index in [4.69, 9.17) is 0 Å². The van der Waals surface area contributed by atoms with Crippen LogP contribution in [-0.2, 0) is 9.59 Å². The molecular formula is C19H28O2. The van der Waals surface area contributed by atoms with Crippen molar-refractivity contribution in [1.29, 1.82) is 0 Å². The van der Waals surface area contributed by atoms with Gasteiger partial charge in [-0.15, -0.1) is 0 Å². The van der Waals surface area contributed by atoms with E-state index in [-0.39, 0.29) is 5.41 Å². The highest BCUT2D eigenvalue weighted by molar-refractivity contribution is 5.87. The summed E-state index contributed by atoms with van der Waals surface area (Å²) in [6.07, 6.45) is 9.53. The van der Waals surface area contributed by atoms with Gasteiger partial charge in [0.1, 0.15) is 11.6 Å². The molecule has 0 aliphatic heterocycles. The molecule has 6 atom stereocenters. The Morgan fingerprint density at radius 3 is 2.52 bits per heavy atom. The molecule has 4 aliphatic rings. The standard InChI is InChI=1S/C19H28O2/c1-18-9-7-13(20)11-12(18)3-4-14-15-5-6-17(21)19(15,2)10-8-16(14)18/h12,14-16H,3-11H2,1-2H3/t12-,14+,15-,16-,18+,19+/m1/s1. The monoisotopic (exact) mass is 288 g/mol. The van der Waals surface area contributed by atoms with Gasteiger partial charge >= 0.3 is 0 Å². The molecule has 0 amide bonds. The number of hydrogen-bond donors (Lipinski definition) is 0. The summed E-state index contributed by atoms with van der Waals surface area (Å²) in [4.78, 5) is 24.2. The van der Waals surface area contributed by atoms with E-state index >= 15 is 0 Å². The highest BCUT2D eigenvalue weighted by Gasteiger charge is 2.60. The average Bonchev–Trinajstić information content (AvgIpc) is 2.76. The van der Waals surface area contributed by atoms with E-state index in [2.05, 4.69) is 13.8 Å². The van der Waals surface area contributed by atoms with E-state index in [1.807, 2.05) is 0 Å². The van der Waals surface area contributed by atoms with Crippen molar-refractivity contribution in [2.75, 3.05) is 0 Å². The van der Waals surface area contributed by atoms with Crippen molar-refractivity contribution in [2.45, 2.75) is 71.6 Å². The molecule has 0 aromatic carbocycles. The fourth-order valence-corrected chi connectivity index (χ4v) is 6.82. The Labute approximate surface area is 128 Å². The maximum Gasteiger partial charge on any atom is 0.139 e. The minimum absolute atomic E-state index is 0.00511. The first-order chi connectivity index (χ1) is 9.95. The first kappa shape index (κ1) is 14.0. The quantitative estimate of drug-likeness (QED) is 0.670. The minimum Gasteiger partial charge on any atom is -0.300 e. The minimum atomic E-state index is -0.00511. The molecule has 0 radical (unpaired) electrons. The van der Waals surface area contributed by atoms with Crippen LogP contribution >= 0.6 is 0 Å². The first-order valence-electron chi connectivity index (χ1n) is 9.00. The van der Waals surface area contributed by atoms with E-state index in [1.54, 1.807) is 0 Å². The third-order valence-electron chi connectivity index (χ3n) is 8.19. The van der Waals surface area contributed by atoms with Gasteiger partial charge in [-0.2, -0.15) is 0 Å². The lowest BCUT2D eigenvalue weighted by Gasteiger charge is -2.59. The summed E-state index contributed by atoms with van der Waals surface area (Å²) in [6, 6.07) is 0. The number of carbonyl (C=O) groups excluding carboxylic acids is 2. The van der Waals surface area contributed by atoms with Gasteiger partial charge in [0, 0.05) is 24.7 Å². The van der Waals surface area contributed by atoms with Gasteiger partial charge in [-0.05, 0) is 67.6 Å². The van der Waals surface area contributed by atoms with Crippen LogP contribution in [0.5, 0.6) is 0 Å². The zero-order valence-corrected chi connectivity index (χ0v) is 13.5. The van der Waals surface area contributed by atoms with Gasteiger partial charge in [0.2, 0.25) is 0 Å². The largest absolute Gasteiger partial charge is 0.300 e. The smallest absolute Gasteiger partial charge is 0.139 e. The molecule has 4 fully saturated rings. The van der Waals surface area contributed by atoms with Gasteiger partial charge in [-0.25, -0.2) is 0 Å². The molecule has 4 aliphatic carbocycles. The van der Waals surface area contributed by atoms with Crippen LogP contribution in [0.15, 0.2) is 0 Å². The molecule has 116 valence electrons. The molecule has 2 heteroatoms. The second-order valence-electron chi connectivity index (χ2n) is 8.82. The molecule has 21 heavy (non-hydrogen) atoms. The zero-order chi connectivity index (χ0) is 14.8. The molecule has 4 saturated carbocycles. The lowest BCUT2D eigenvalue weighted by molar-refractivity contribution is -0.144. The third kappa shape index (κ3) is 1.77.